The highest BCUT2D eigenvalue weighted by Gasteiger charge is 2.35. The van der Waals surface area contributed by atoms with Crippen LogP contribution in [0.3, 0.4) is 0 Å². The first-order valence-corrected chi connectivity index (χ1v) is 7.02. The van der Waals surface area contributed by atoms with Gasteiger partial charge in [0.2, 0.25) is 5.91 Å². The molecule has 0 aromatic carbocycles. The van der Waals surface area contributed by atoms with E-state index in [4.69, 9.17) is 5.11 Å². The molecule has 2 fully saturated rings. The minimum Gasteiger partial charge on any atom is -0.481 e. The number of carboxylic acids is 1. The molecule has 7 nitrogen and oxygen atoms in total. The quantitative estimate of drug-likeness (QED) is 0.680. The molecule has 0 radical (unpaired) electrons. The molecule has 0 bridgehead atoms. The van der Waals surface area contributed by atoms with E-state index in [9.17, 15) is 14.4 Å². The third-order valence-electron chi connectivity index (χ3n) is 4.09. The number of rotatable bonds is 3. The summed E-state index contributed by atoms with van der Waals surface area (Å²) in [5.41, 5.74) is 0. The van der Waals surface area contributed by atoms with Gasteiger partial charge in [-0.15, -0.1) is 0 Å². The Morgan fingerprint density at radius 3 is 2.95 bits per heavy atom. The topological polar surface area (TPSA) is 98.7 Å². The number of likely N-dealkylation sites (tertiary alicyclic amines) is 1. The standard InChI is InChI=1S/C13H21N3O4/c1-8(12(18)19)6-14-13(20)16-5-4-10-9(7-16)2-3-11(17)15-10/h8-10H,2-7H2,1H3,(H,14,20)(H,15,17)(H,18,19). The molecule has 2 aliphatic heterocycles. The van der Waals surface area contributed by atoms with Gasteiger partial charge in [-0.25, -0.2) is 4.79 Å². The maximum Gasteiger partial charge on any atom is 0.317 e. The summed E-state index contributed by atoms with van der Waals surface area (Å²) in [4.78, 5) is 35.7. The van der Waals surface area contributed by atoms with E-state index in [2.05, 4.69) is 10.6 Å². The minimum atomic E-state index is -0.918. The zero-order valence-corrected chi connectivity index (χ0v) is 11.6. The third-order valence-corrected chi connectivity index (χ3v) is 4.09. The van der Waals surface area contributed by atoms with Crippen LogP contribution in [0.25, 0.3) is 0 Å². The van der Waals surface area contributed by atoms with Crippen molar-refractivity contribution in [2.45, 2.75) is 32.2 Å². The first-order valence-electron chi connectivity index (χ1n) is 7.02. The minimum absolute atomic E-state index is 0.0967. The maximum atomic E-state index is 12.0. The molecule has 2 heterocycles. The third kappa shape index (κ3) is 3.40. The Balaban J connectivity index is 1.81. The number of carbonyl (C=O) groups is 3. The molecule has 0 aromatic rings. The number of fused-ring (bicyclic) bond motifs is 1. The molecule has 3 atom stereocenters. The molecule has 2 rings (SSSR count). The van der Waals surface area contributed by atoms with Crippen molar-refractivity contribution in [3.8, 4) is 0 Å². The first-order chi connectivity index (χ1) is 9.47. The van der Waals surface area contributed by atoms with Crippen molar-refractivity contribution in [1.82, 2.24) is 15.5 Å². The Morgan fingerprint density at radius 2 is 2.25 bits per heavy atom. The van der Waals surface area contributed by atoms with E-state index in [0.717, 1.165) is 12.8 Å². The number of amides is 3. The van der Waals surface area contributed by atoms with Crippen LogP contribution in [0, 0.1) is 11.8 Å². The smallest absolute Gasteiger partial charge is 0.317 e. The number of aliphatic carboxylic acids is 1. The van der Waals surface area contributed by atoms with Crippen LogP contribution in [0.1, 0.15) is 26.2 Å². The molecular weight excluding hydrogens is 262 g/mol. The first kappa shape index (κ1) is 14.6. The van der Waals surface area contributed by atoms with Crippen molar-refractivity contribution in [2.75, 3.05) is 19.6 Å². The summed E-state index contributed by atoms with van der Waals surface area (Å²) in [6.07, 6.45) is 2.09. The summed E-state index contributed by atoms with van der Waals surface area (Å²) in [5, 5.41) is 14.4. The summed E-state index contributed by atoms with van der Waals surface area (Å²) in [7, 11) is 0. The van der Waals surface area contributed by atoms with Gasteiger partial charge in [-0.1, -0.05) is 6.92 Å². The summed E-state index contributed by atoms with van der Waals surface area (Å²) >= 11 is 0. The van der Waals surface area contributed by atoms with Gasteiger partial charge >= 0.3 is 12.0 Å². The van der Waals surface area contributed by atoms with Gasteiger partial charge in [0, 0.05) is 32.1 Å². The molecule has 20 heavy (non-hydrogen) atoms. The van der Waals surface area contributed by atoms with Crippen molar-refractivity contribution in [3.63, 3.8) is 0 Å². The molecule has 0 aromatic heterocycles. The van der Waals surface area contributed by atoms with Crippen LogP contribution in [0.5, 0.6) is 0 Å². The molecule has 7 heteroatoms. The lowest BCUT2D eigenvalue weighted by Crippen LogP contribution is -2.56. The van der Waals surface area contributed by atoms with Crippen molar-refractivity contribution in [3.05, 3.63) is 0 Å². The average Bonchev–Trinajstić information content (AvgIpc) is 2.43. The number of carboxylic acid groups (broad SMARTS) is 1. The van der Waals surface area contributed by atoms with Gasteiger partial charge in [0.05, 0.1) is 5.92 Å². The number of carbonyl (C=O) groups excluding carboxylic acids is 2. The van der Waals surface area contributed by atoms with Gasteiger partial charge in [-0.3, -0.25) is 9.59 Å². The largest absolute Gasteiger partial charge is 0.481 e. The van der Waals surface area contributed by atoms with Gasteiger partial charge < -0.3 is 20.6 Å². The van der Waals surface area contributed by atoms with E-state index in [1.165, 1.54) is 0 Å². The number of hydrogen-bond acceptors (Lipinski definition) is 3. The molecule has 0 spiro atoms. The van der Waals surface area contributed by atoms with Crippen molar-refractivity contribution in [1.29, 1.82) is 0 Å². The van der Waals surface area contributed by atoms with E-state index < -0.39 is 11.9 Å². The number of piperidine rings is 2. The van der Waals surface area contributed by atoms with E-state index in [1.807, 2.05) is 0 Å². The number of hydrogen-bond donors (Lipinski definition) is 3. The van der Waals surface area contributed by atoms with Gasteiger partial charge in [-0.2, -0.15) is 0 Å². The molecule has 3 N–H and O–H groups in total. The molecule has 2 saturated heterocycles. The number of urea groups is 1. The molecule has 0 saturated carbocycles. The number of nitrogens with zero attached hydrogens (tertiary/aromatic N) is 1. The van der Waals surface area contributed by atoms with Crippen molar-refractivity contribution >= 4 is 17.9 Å². The summed E-state index contributed by atoms with van der Waals surface area (Å²) in [6, 6.07) is -0.0355. The van der Waals surface area contributed by atoms with Crippen LogP contribution < -0.4 is 10.6 Å². The Morgan fingerprint density at radius 1 is 1.50 bits per heavy atom. The second-order valence-corrected chi connectivity index (χ2v) is 5.63. The maximum absolute atomic E-state index is 12.0. The predicted molar refractivity (Wildman–Crippen MR) is 71.0 cm³/mol. The second kappa shape index (κ2) is 6.11. The van der Waals surface area contributed by atoms with E-state index in [-0.39, 0.29) is 24.5 Å². The lowest BCUT2D eigenvalue weighted by molar-refractivity contribution is -0.140. The number of nitrogens with one attached hydrogen (secondary N) is 2. The predicted octanol–water partition coefficient (Wildman–Crippen LogP) is 0.0172. The van der Waals surface area contributed by atoms with Crippen molar-refractivity contribution in [2.24, 2.45) is 11.8 Å². The molecule has 3 unspecified atom stereocenters. The van der Waals surface area contributed by atoms with Gasteiger partial charge in [0.15, 0.2) is 0 Å². The molecule has 112 valence electrons. The molecule has 0 aliphatic carbocycles. The fraction of sp³-hybridized carbons (Fsp3) is 0.769. The fourth-order valence-corrected chi connectivity index (χ4v) is 2.73. The Bertz CT molecular complexity index is 412. The van der Waals surface area contributed by atoms with Crippen LogP contribution in [0.15, 0.2) is 0 Å². The monoisotopic (exact) mass is 283 g/mol. The highest BCUT2D eigenvalue weighted by atomic mass is 16.4. The zero-order chi connectivity index (χ0) is 14.7. The van der Waals surface area contributed by atoms with E-state index >= 15 is 0 Å². The van der Waals surface area contributed by atoms with Gasteiger partial charge in [-0.05, 0) is 18.8 Å². The molecular formula is C13H21N3O4. The normalized spacial score (nSPS) is 27.2. The van der Waals surface area contributed by atoms with E-state index in [0.29, 0.717) is 25.4 Å². The van der Waals surface area contributed by atoms with Gasteiger partial charge in [0.1, 0.15) is 0 Å². The Labute approximate surface area is 117 Å². The van der Waals surface area contributed by atoms with Crippen LogP contribution in [-0.2, 0) is 9.59 Å². The Hall–Kier alpha value is -1.79. The second-order valence-electron chi connectivity index (χ2n) is 5.63. The summed E-state index contributed by atoms with van der Waals surface area (Å²) in [6.45, 7) is 2.91. The molecule has 2 aliphatic rings. The van der Waals surface area contributed by atoms with Crippen LogP contribution >= 0.6 is 0 Å². The highest BCUT2D eigenvalue weighted by molar-refractivity contribution is 5.78. The lowest BCUT2D eigenvalue weighted by Gasteiger charge is -2.41. The van der Waals surface area contributed by atoms with Crippen LogP contribution in [0.4, 0.5) is 4.79 Å². The van der Waals surface area contributed by atoms with Gasteiger partial charge in [0.25, 0.3) is 0 Å². The Kier molecular flexibility index (Phi) is 4.46. The van der Waals surface area contributed by atoms with E-state index in [1.54, 1.807) is 11.8 Å². The SMILES string of the molecule is CC(CNC(=O)N1CCC2NC(=O)CCC2C1)C(=O)O. The fourth-order valence-electron chi connectivity index (χ4n) is 2.73. The van der Waals surface area contributed by atoms with Crippen LogP contribution in [-0.4, -0.2) is 53.6 Å². The summed E-state index contributed by atoms with van der Waals surface area (Å²) in [5.74, 6) is -1.10. The highest BCUT2D eigenvalue weighted by Crippen LogP contribution is 2.25. The summed E-state index contributed by atoms with van der Waals surface area (Å²) < 4.78 is 0. The van der Waals surface area contributed by atoms with Crippen molar-refractivity contribution < 1.29 is 19.5 Å². The average molecular weight is 283 g/mol. The zero-order valence-electron chi connectivity index (χ0n) is 11.6. The lowest BCUT2D eigenvalue weighted by atomic mass is 9.85. The molecule has 3 amide bonds. The van der Waals surface area contributed by atoms with Crippen LogP contribution in [0.2, 0.25) is 0 Å².